The molecule has 0 saturated heterocycles. The quantitative estimate of drug-likeness (QED) is 0.206. The van der Waals surface area contributed by atoms with Gasteiger partial charge in [-0.25, -0.2) is 9.78 Å². The number of benzene rings is 3. The van der Waals surface area contributed by atoms with E-state index in [-0.39, 0.29) is 11.5 Å². The van der Waals surface area contributed by atoms with E-state index in [0.717, 1.165) is 16.8 Å². The number of hydrogen-bond donors (Lipinski definition) is 4. The topological polar surface area (TPSA) is 117 Å². The lowest BCUT2D eigenvalue weighted by atomic mass is 10.1. The number of carbonyl (C=O) groups excluding carboxylic acids is 2. The molecule has 0 spiro atoms. The second kappa shape index (κ2) is 12.1. The standard InChI is InChI=1S/C30H32N6O3/c1-20-13-15-21(16-14-20)18-31-27(37)25-19-32-28(34-22-9-6-5-7-10-22)36-26(25)33-23-11-8-12-24(17-23)35-29(38)39-30(2,3)4/h5-17,19H,18H2,1-4H3,(H,31,37)(H,35,38)(H2,32,33,34,36). The summed E-state index contributed by atoms with van der Waals surface area (Å²) in [5, 5.41) is 12.0. The maximum Gasteiger partial charge on any atom is 0.412 e. The highest BCUT2D eigenvalue weighted by Crippen LogP contribution is 2.24. The summed E-state index contributed by atoms with van der Waals surface area (Å²) in [5.74, 6) is 0.299. The minimum absolute atomic E-state index is 0.270. The maximum absolute atomic E-state index is 13.2. The van der Waals surface area contributed by atoms with E-state index in [4.69, 9.17) is 4.74 Å². The molecule has 0 unspecified atom stereocenters. The molecule has 0 aliphatic heterocycles. The highest BCUT2D eigenvalue weighted by molar-refractivity contribution is 5.99. The lowest BCUT2D eigenvalue weighted by molar-refractivity contribution is 0.0635. The summed E-state index contributed by atoms with van der Waals surface area (Å²) in [4.78, 5) is 34.4. The molecule has 0 saturated carbocycles. The zero-order valence-electron chi connectivity index (χ0n) is 22.4. The Labute approximate surface area is 228 Å². The molecule has 9 nitrogen and oxygen atoms in total. The van der Waals surface area contributed by atoms with Crippen LogP contribution in [0.15, 0.2) is 85.1 Å². The third kappa shape index (κ3) is 8.29. The van der Waals surface area contributed by atoms with E-state index in [0.29, 0.717) is 29.7 Å². The minimum atomic E-state index is -0.621. The summed E-state index contributed by atoms with van der Waals surface area (Å²) >= 11 is 0. The van der Waals surface area contributed by atoms with Crippen molar-refractivity contribution in [1.29, 1.82) is 0 Å². The summed E-state index contributed by atoms with van der Waals surface area (Å²) in [6.45, 7) is 7.77. The maximum atomic E-state index is 13.2. The van der Waals surface area contributed by atoms with E-state index >= 15 is 0 Å². The number of amides is 2. The van der Waals surface area contributed by atoms with E-state index in [1.165, 1.54) is 6.20 Å². The second-order valence-corrected chi connectivity index (χ2v) is 9.95. The predicted octanol–water partition coefficient (Wildman–Crippen LogP) is 6.55. The Morgan fingerprint density at radius 2 is 1.54 bits per heavy atom. The minimum Gasteiger partial charge on any atom is -0.444 e. The van der Waals surface area contributed by atoms with Crippen LogP contribution >= 0.6 is 0 Å². The number of para-hydroxylation sites is 1. The third-order valence-corrected chi connectivity index (χ3v) is 5.41. The number of aromatic nitrogens is 2. The van der Waals surface area contributed by atoms with Crippen molar-refractivity contribution in [2.45, 2.75) is 39.8 Å². The van der Waals surface area contributed by atoms with Crippen LogP contribution in [-0.2, 0) is 11.3 Å². The summed E-state index contributed by atoms with van der Waals surface area (Å²) in [6.07, 6.45) is 0.917. The number of aryl methyl sites for hydroxylation is 1. The van der Waals surface area contributed by atoms with Gasteiger partial charge >= 0.3 is 6.09 Å². The van der Waals surface area contributed by atoms with Crippen LogP contribution in [0.1, 0.15) is 42.3 Å². The fourth-order valence-corrected chi connectivity index (χ4v) is 3.57. The Bertz CT molecular complexity index is 1430. The van der Waals surface area contributed by atoms with Crippen molar-refractivity contribution in [3.8, 4) is 0 Å². The van der Waals surface area contributed by atoms with Crippen molar-refractivity contribution < 1.29 is 14.3 Å². The van der Waals surface area contributed by atoms with E-state index in [1.54, 1.807) is 45.0 Å². The molecule has 2 amide bonds. The number of ether oxygens (including phenoxy) is 1. The molecule has 0 aliphatic carbocycles. The molecule has 9 heteroatoms. The summed E-state index contributed by atoms with van der Waals surface area (Å²) in [5.41, 5.74) is 3.72. The number of rotatable bonds is 8. The van der Waals surface area contributed by atoms with Crippen molar-refractivity contribution in [3.63, 3.8) is 0 Å². The zero-order valence-corrected chi connectivity index (χ0v) is 22.4. The molecule has 0 atom stereocenters. The van der Waals surface area contributed by atoms with Crippen molar-refractivity contribution in [2.75, 3.05) is 16.0 Å². The van der Waals surface area contributed by atoms with E-state index in [9.17, 15) is 9.59 Å². The molecule has 1 heterocycles. The van der Waals surface area contributed by atoms with Crippen molar-refractivity contribution in [3.05, 3.63) is 102 Å². The molecule has 1 aromatic heterocycles. The number of hydrogen-bond acceptors (Lipinski definition) is 7. The number of anilines is 5. The third-order valence-electron chi connectivity index (χ3n) is 5.41. The summed E-state index contributed by atoms with van der Waals surface area (Å²) < 4.78 is 5.34. The van der Waals surface area contributed by atoms with Gasteiger partial charge in [-0.2, -0.15) is 4.98 Å². The van der Waals surface area contributed by atoms with Crippen LogP contribution in [0.3, 0.4) is 0 Å². The van der Waals surface area contributed by atoms with Crippen molar-refractivity contribution in [2.24, 2.45) is 0 Å². The molecule has 4 aromatic rings. The normalized spacial score (nSPS) is 10.9. The van der Waals surface area contributed by atoms with Crippen LogP contribution in [0.2, 0.25) is 0 Å². The molecule has 200 valence electrons. The highest BCUT2D eigenvalue weighted by atomic mass is 16.6. The SMILES string of the molecule is Cc1ccc(CNC(=O)c2cnc(Nc3ccccc3)nc2Nc2cccc(NC(=O)OC(C)(C)C)c2)cc1. The first-order valence-electron chi connectivity index (χ1n) is 12.5. The molecular formula is C30H32N6O3. The molecule has 39 heavy (non-hydrogen) atoms. The van der Waals surface area contributed by atoms with Gasteiger partial charge in [-0.1, -0.05) is 54.1 Å². The van der Waals surface area contributed by atoms with Crippen LogP contribution in [0.5, 0.6) is 0 Å². The number of carbonyl (C=O) groups is 2. The van der Waals surface area contributed by atoms with Crippen molar-refractivity contribution in [1.82, 2.24) is 15.3 Å². The van der Waals surface area contributed by atoms with Gasteiger partial charge in [0.25, 0.3) is 5.91 Å². The van der Waals surface area contributed by atoms with Gasteiger partial charge in [-0.15, -0.1) is 0 Å². The van der Waals surface area contributed by atoms with Crippen LogP contribution in [0.4, 0.5) is 33.6 Å². The fourth-order valence-electron chi connectivity index (χ4n) is 3.57. The van der Waals surface area contributed by atoms with Crippen molar-refractivity contribution >= 4 is 40.8 Å². The Morgan fingerprint density at radius 1 is 0.846 bits per heavy atom. The first-order chi connectivity index (χ1) is 18.6. The molecule has 0 radical (unpaired) electrons. The lowest BCUT2D eigenvalue weighted by Gasteiger charge is -2.20. The Hall–Kier alpha value is -4.92. The fraction of sp³-hybridized carbons (Fsp3) is 0.200. The van der Waals surface area contributed by atoms with Gasteiger partial charge in [0.2, 0.25) is 5.95 Å². The van der Waals surface area contributed by atoms with Gasteiger partial charge in [-0.3, -0.25) is 10.1 Å². The molecule has 0 aliphatic rings. The number of nitrogens with one attached hydrogen (secondary N) is 4. The smallest absolute Gasteiger partial charge is 0.412 e. The zero-order chi connectivity index (χ0) is 27.8. The molecule has 0 fully saturated rings. The molecule has 4 rings (SSSR count). The van der Waals surface area contributed by atoms with E-state index < -0.39 is 11.7 Å². The predicted molar refractivity (Wildman–Crippen MR) is 154 cm³/mol. The van der Waals surface area contributed by atoms with Gasteiger partial charge in [0, 0.05) is 29.8 Å². The van der Waals surface area contributed by atoms with Crippen LogP contribution < -0.4 is 21.3 Å². The molecule has 3 aromatic carbocycles. The first kappa shape index (κ1) is 27.1. The molecular weight excluding hydrogens is 492 g/mol. The summed E-state index contributed by atoms with van der Waals surface area (Å²) in [7, 11) is 0. The molecule has 4 N–H and O–H groups in total. The van der Waals surface area contributed by atoms with Crippen LogP contribution in [0, 0.1) is 6.92 Å². The van der Waals surface area contributed by atoms with Gasteiger partial charge in [0.1, 0.15) is 17.0 Å². The van der Waals surface area contributed by atoms with E-state index in [2.05, 4.69) is 31.2 Å². The first-order valence-corrected chi connectivity index (χ1v) is 12.5. The van der Waals surface area contributed by atoms with Gasteiger partial charge < -0.3 is 20.7 Å². The lowest BCUT2D eigenvalue weighted by Crippen LogP contribution is -2.27. The summed E-state index contributed by atoms with van der Waals surface area (Å²) in [6, 6.07) is 24.5. The average molecular weight is 525 g/mol. The highest BCUT2D eigenvalue weighted by Gasteiger charge is 2.18. The molecule has 0 bridgehead atoms. The largest absolute Gasteiger partial charge is 0.444 e. The van der Waals surface area contributed by atoms with Gasteiger partial charge in [0.15, 0.2) is 0 Å². The number of nitrogens with zero attached hydrogens (tertiary/aromatic N) is 2. The van der Waals surface area contributed by atoms with Gasteiger partial charge in [0.05, 0.1) is 0 Å². The van der Waals surface area contributed by atoms with Crippen LogP contribution in [-0.4, -0.2) is 27.6 Å². The second-order valence-electron chi connectivity index (χ2n) is 9.95. The van der Waals surface area contributed by atoms with E-state index in [1.807, 2.05) is 61.5 Å². The Kier molecular flexibility index (Phi) is 8.40. The Balaban J connectivity index is 1.56. The Morgan fingerprint density at radius 3 is 2.26 bits per heavy atom. The van der Waals surface area contributed by atoms with Gasteiger partial charge in [-0.05, 0) is 63.6 Å². The van der Waals surface area contributed by atoms with Crippen LogP contribution in [0.25, 0.3) is 0 Å². The average Bonchev–Trinajstić information content (AvgIpc) is 2.88. The monoisotopic (exact) mass is 524 g/mol.